The number of rotatable bonds is 1. The van der Waals surface area contributed by atoms with Crippen LogP contribution in [0.5, 0.6) is 5.75 Å². The van der Waals surface area contributed by atoms with E-state index in [-0.39, 0.29) is 11.1 Å². The van der Waals surface area contributed by atoms with Crippen molar-refractivity contribution in [3.05, 3.63) is 53.2 Å². The minimum Gasteiger partial charge on any atom is -0.491 e. The average molecular weight is 595 g/mol. The largest absolute Gasteiger partial charge is 0.491 e. The van der Waals surface area contributed by atoms with Crippen LogP contribution in [0.1, 0.15) is 98.0 Å². The number of halogens is 2. The molecule has 8 bridgehead atoms. The number of hydrogen-bond donors (Lipinski definition) is 1. The summed E-state index contributed by atoms with van der Waals surface area (Å²) in [5.41, 5.74) is 1.82. The molecule has 2 aromatic carbocycles. The lowest BCUT2D eigenvalue weighted by Gasteiger charge is -2.36. The summed E-state index contributed by atoms with van der Waals surface area (Å²) in [6.07, 6.45) is 9.56. The van der Waals surface area contributed by atoms with E-state index in [0.29, 0.717) is 44.0 Å². The summed E-state index contributed by atoms with van der Waals surface area (Å²) in [4.78, 5) is 4.65. The van der Waals surface area contributed by atoms with Gasteiger partial charge in [-0.2, -0.15) is 5.10 Å². The maximum atomic E-state index is 16.0. The Labute approximate surface area is 259 Å². The molecule has 9 rings (SSSR count). The van der Waals surface area contributed by atoms with Crippen molar-refractivity contribution in [1.29, 1.82) is 0 Å². The molecule has 0 radical (unpaired) electrons. The van der Waals surface area contributed by atoms with E-state index in [9.17, 15) is 0 Å². The highest BCUT2D eigenvalue weighted by atomic mass is 19.3. The van der Waals surface area contributed by atoms with Crippen LogP contribution in [0.2, 0.25) is 0 Å². The second-order valence-corrected chi connectivity index (χ2v) is 12.6. The van der Waals surface area contributed by atoms with Gasteiger partial charge in [0, 0.05) is 39.5 Å². The fourth-order valence-electron chi connectivity index (χ4n) is 6.95. The molecule has 3 aromatic rings. The number of aromatic nitrogens is 2. The molecule has 6 aliphatic heterocycles. The van der Waals surface area contributed by atoms with E-state index in [2.05, 4.69) is 25.3 Å². The molecule has 0 spiro atoms. The van der Waals surface area contributed by atoms with Gasteiger partial charge in [0.2, 0.25) is 0 Å². The van der Waals surface area contributed by atoms with Gasteiger partial charge in [0.15, 0.2) is 5.82 Å². The topological polar surface area (TPSA) is 53.5 Å². The van der Waals surface area contributed by atoms with Crippen molar-refractivity contribution in [2.75, 3.05) is 49.5 Å². The number of ether oxygens (including phenoxy) is 1. The van der Waals surface area contributed by atoms with Gasteiger partial charge in [-0.3, -0.25) is 0 Å². The number of nitrogens with zero attached hydrogens (tertiary/aromatic N) is 4. The van der Waals surface area contributed by atoms with Gasteiger partial charge in [0.25, 0.3) is 5.92 Å². The first kappa shape index (κ1) is 26.4. The first-order valence-electron chi connectivity index (χ1n) is 17.8. The normalized spacial score (nSPS) is 26.7. The molecular formula is C35H47F2N5O. The summed E-state index contributed by atoms with van der Waals surface area (Å²) in [6, 6.07) is 8.76. The second-order valence-electron chi connectivity index (χ2n) is 12.6. The minimum absolute atomic E-state index is 0.132. The molecule has 2 saturated heterocycles. The van der Waals surface area contributed by atoms with Crippen LogP contribution in [0.4, 0.5) is 20.3 Å². The summed E-state index contributed by atoms with van der Waals surface area (Å²) in [7, 11) is 0. The summed E-state index contributed by atoms with van der Waals surface area (Å²) < 4.78 is 63.9. The Morgan fingerprint density at radius 2 is 1.63 bits per heavy atom. The maximum absolute atomic E-state index is 16.0. The smallest absolute Gasteiger partial charge is 0.276 e. The molecule has 6 nitrogen and oxygen atoms in total. The number of piperidine rings is 2. The molecule has 0 aliphatic carbocycles. The van der Waals surface area contributed by atoms with Crippen LogP contribution in [0.15, 0.2) is 36.4 Å². The lowest BCUT2D eigenvalue weighted by atomic mass is 9.85. The monoisotopic (exact) mass is 594 g/mol. The molecule has 0 amide bonds. The van der Waals surface area contributed by atoms with Crippen molar-refractivity contribution in [2.24, 2.45) is 5.92 Å². The van der Waals surface area contributed by atoms with Gasteiger partial charge in [0.1, 0.15) is 5.75 Å². The van der Waals surface area contributed by atoms with Gasteiger partial charge in [-0.15, -0.1) is 5.10 Å². The molecular weight excluding hydrogens is 544 g/mol. The van der Waals surface area contributed by atoms with E-state index in [0.717, 1.165) is 86.8 Å². The van der Waals surface area contributed by atoms with Gasteiger partial charge in [-0.05, 0) is 102 Å². The van der Waals surface area contributed by atoms with Crippen LogP contribution in [0, 0.1) is 12.8 Å². The molecule has 7 heterocycles. The summed E-state index contributed by atoms with van der Waals surface area (Å²) in [5.74, 6) is -2.73. The summed E-state index contributed by atoms with van der Waals surface area (Å²) >= 11 is 0. The van der Waals surface area contributed by atoms with Crippen molar-refractivity contribution in [3.63, 3.8) is 0 Å². The first-order chi connectivity index (χ1) is 22.1. The van der Waals surface area contributed by atoms with Crippen LogP contribution in [0.3, 0.4) is 0 Å². The van der Waals surface area contributed by atoms with Crippen LogP contribution < -0.4 is 15.0 Å². The highest BCUT2D eigenvalue weighted by Crippen LogP contribution is 2.43. The number of hydrogen-bond acceptors (Lipinski definition) is 6. The van der Waals surface area contributed by atoms with Crippen molar-refractivity contribution < 1.29 is 17.6 Å². The number of alkyl halides is 2. The average Bonchev–Trinajstić information content (AvgIpc) is 3.05. The van der Waals surface area contributed by atoms with Gasteiger partial charge in [-0.1, -0.05) is 37.5 Å². The Balaban J connectivity index is 1.42. The van der Waals surface area contributed by atoms with E-state index in [1.54, 1.807) is 12.1 Å². The van der Waals surface area contributed by atoms with Crippen molar-refractivity contribution >= 4 is 22.3 Å². The third-order valence-corrected chi connectivity index (χ3v) is 9.60. The van der Waals surface area contributed by atoms with Crippen LogP contribution in [0.25, 0.3) is 10.8 Å². The SMILES string of the molecule is [2H]C([2H])([2H])[C@H]1Nc2nnc(C)c3cc(c(N4CCCCC4)cc23)OCCCCCCCN2CCC(CC2)C(F)(F)c2cccc1c2. The van der Waals surface area contributed by atoms with Crippen molar-refractivity contribution in [2.45, 2.75) is 89.9 Å². The van der Waals surface area contributed by atoms with Crippen LogP contribution in [-0.4, -0.2) is 54.4 Å². The van der Waals surface area contributed by atoms with Gasteiger partial charge >= 0.3 is 0 Å². The Hall–Kier alpha value is -3.00. The molecule has 1 N–H and O–H groups in total. The van der Waals surface area contributed by atoms with Gasteiger partial charge < -0.3 is 19.9 Å². The zero-order valence-electron chi connectivity index (χ0n) is 28.4. The zero-order chi connectivity index (χ0) is 32.3. The van der Waals surface area contributed by atoms with E-state index in [1.807, 2.05) is 19.1 Å². The fraction of sp³-hybridized carbons (Fsp3) is 0.600. The predicted octanol–water partition coefficient (Wildman–Crippen LogP) is 8.25. The lowest BCUT2D eigenvalue weighted by Crippen LogP contribution is -2.40. The molecule has 8 heteroatoms. The Morgan fingerprint density at radius 1 is 0.884 bits per heavy atom. The van der Waals surface area contributed by atoms with Crippen molar-refractivity contribution in [1.82, 2.24) is 15.1 Å². The molecule has 2 fully saturated rings. The predicted molar refractivity (Wildman–Crippen MR) is 170 cm³/mol. The molecule has 0 saturated carbocycles. The molecule has 1 atom stereocenters. The first-order valence-corrected chi connectivity index (χ1v) is 16.3. The number of benzene rings is 2. The van der Waals surface area contributed by atoms with Crippen molar-refractivity contribution in [3.8, 4) is 5.75 Å². The minimum atomic E-state index is -3.06. The van der Waals surface area contributed by atoms with Gasteiger partial charge in [-0.25, -0.2) is 8.78 Å². The second kappa shape index (κ2) is 13.3. The number of anilines is 2. The van der Waals surface area contributed by atoms with E-state index in [4.69, 9.17) is 8.85 Å². The van der Waals surface area contributed by atoms with E-state index in [1.165, 1.54) is 18.6 Å². The summed E-state index contributed by atoms with van der Waals surface area (Å²) in [5, 5.41) is 13.5. The highest BCUT2D eigenvalue weighted by molar-refractivity contribution is 5.97. The van der Waals surface area contributed by atoms with E-state index < -0.39 is 24.7 Å². The number of nitrogens with one attached hydrogen (secondary N) is 1. The highest BCUT2D eigenvalue weighted by Gasteiger charge is 2.42. The Bertz CT molecular complexity index is 1490. The zero-order valence-corrected chi connectivity index (χ0v) is 25.4. The lowest BCUT2D eigenvalue weighted by molar-refractivity contribution is -0.0855. The molecule has 0 unspecified atom stereocenters. The van der Waals surface area contributed by atoms with Crippen LogP contribution in [-0.2, 0) is 5.92 Å². The molecule has 232 valence electrons. The molecule has 6 aliphatic rings. The fourth-order valence-corrected chi connectivity index (χ4v) is 6.95. The Morgan fingerprint density at radius 3 is 2.44 bits per heavy atom. The standard InChI is InChI=1S/C35H47F2N5O/c1-25-27-12-11-13-29(22-27)35(36,37)28-14-19-41(20-15-28)16-7-4-3-5-10-21-43-33-24-30-26(2)39-40-34(38-25)31(30)23-32(33)42-17-8-6-9-18-42/h11-13,22-25,28H,3-10,14-21H2,1-2H3,(H,38,40)/t25-/m1/s1/i1D3. The third kappa shape index (κ3) is 6.74. The maximum Gasteiger partial charge on any atom is 0.276 e. The number of aryl methyl sites for hydroxylation is 1. The molecule has 43 heavy (non-hydrogen) atoms. The van der Waals surface area contributed by atoms with Crippen LogP contribution >= 0.6 is 0 Å². The summed E-state index contributed by atoms with van der Waals surface area (Å²) in [6.45, 7) is 4.05. The Kier molecular flexibility index (Phi) is 8.19. The third-order valence-electron chi connectivity index (χ3n) is 9.60. The quantitative estimate of drug-likeness (QED) is 0.306. The van der Waals surface area contributed by atoms with E-state index >= 15 is 8.78 Å². The van der Waals surface area contributed by atoms with Gasteiger partial charge in [0.05, 0.1) is 24.0 Å². The molecule has 1 aromatic heterocycles.